The highest BCUT2D eigenvalue weighted by atomic mass is 35.5. The molecule has 0 unspecified atom stereocenters. The molecule has 2 aromatic carbocycles. The minimum atomic E-state index is -0.315. The van der Waals surface area contributed by atoms with E-state index in [0.717, 1.165) is 0 Å². The fraction of sp³-hybridized carbons (Fsp3) is 0.150. The summed E-state index contributed by atoms with van der Waals surface area (Å²) in [6.07, 6.45) is 0. The Labute approximate surface area is 166 Å². The molecule has 0 aliphatic heterocycles. The molecule has 0 bridgehead atoms. The Kier molecular flexibility index (Phi) is 6.06. The molecule has 27 heavy (non-hydrogen) atoms. The van der Waals surface area contributed by atoms with Crippen molar-refractivity contribution in [2.24, 2.45) is 0 Å². The van der Waals surface area contributed by atoms with Gasteiger partial charge in [-0.2, -0.15) is 0 Å². The number of furan rings is 1. The lowest BCUT2D eigenvalue weighted by Gasteiger charge is -2.10. The van der Waals surface area contributed by atoms with Crippen molar-refractivity contribution in [1.82, 2.24) is 0 Å². The second kappa shape index (κ2) is 8.48. The van der Waals surface area contributed by atoms with Crippen molar-refractivity contribution in [2.45, 2.75) is 13.5 Å². The summed E-state index contributed by atoms with van der Waals surface area (Å²) in [7, 11) is 0. The van der Waals surface area contributed by atoms with Gasteiger partial charge in [0.2, 0.25) is 0 Å². The largest absolute Gasteiger partial charge is 0.492 e. The summed E-state index contributed by atoms with van der Waals surface area (Å²) in [5.74, 6) is 1.21. The molecule has 0 aliphatic carbocycles. The zero-order valence-electron chi connectivity index (χ0n) is 14.5. The van der Waals surface area contributed by atoms with Gasteiger partial charge >= 0.3 is 0 Å². The smallest absolute Gasteiger partial charge is 0.255 e. The van der Waals surface area contributed by atoms with Gasteiger partial charge in [-0.25, -0.2) is 0 Å². The van der Waals surface area contributed by atoms with Crippen LogP contribution in [0.25, 0.3) is 11.3 Å². The van der Waals surface area contributed by atoms with Crippen molar-refractivity contribution in [3.05, 3.63) is 69.9 Å². The summed E-state index contributed by atoms with van der Waals surface area (Å²) < 4.78 is 10.9. The monoisotopic (exact) mass is 405 g/mol. The van der Waals surface area contributed by atoms with Gasteiger partial charge in [0.25, 0.3) is 5.91 Å². The van der Waals surface area contributed by atoms with Gasteiger partial charge in [0.1, 0.15) is 23.9 Å². The Hall–Kier alpha value is -2.47. The predicted molar refractivity (Wildman–Crippen MR) is 106 cm³/mol. The standard InChI is InChI=1S/C20H17Cl2NO4/c1-2-26-19-7-3-12(9-17(19)22)20(25)23-13-4-6-15(16(21)10-13)18-8-5-14(11-24)27-18/h3-10,24H,2,11H2,1H3,(H,23,25). The van der Waals surface area contributed by atoms with E-state index in [2.05, 4.69) is 5.32 Å². The molecule has 0 radical (unpaired) electrons. The number of aliphatic hydroxyl groups is 1. The first-order chi connectivity index (χ1) is 13.0. The van der Waals surface area contributed by atoms with Crippen LogP contribution in [0, 0.1) is 0 Å². The highest BCUT2D eigenvalue weighted by molar-refractivity contribution is 6.33. The summed E-state index contributed by atoms with van der Waals surface area (Å²) >= 11 is 12.4. The zero-order valence-corrected chi connectivity index (χ0v) is 16.0. The van der Waals surface area contributed by atoms with Gasteiger partial charge in [0, 0.05) is 16.8 Å². The average molecular weight is 406 g/mol. The van der Waals surface area contributed by atoms with Crippen LogP contribution in [0.15, 0.2) is 52.9 Å². The maximum Gasteiger partial charge on any atom is 0.255 e. The fourth-order valence-electron chi connectivity index (χ4n) is 2.52. The maximum atomic E-state index is 12.4. The van der Waals surface area contributed by atoms with E-state index in [-0.39, 0.29) is 12.5 Å². The zero-order chi connectivity index (χ0) is 19.4. The van der Waals surface area contributed by atoms with Crippen LogP contribution in [0.5, 0.6) is 5.75 Å². The van der Waals surface area contributed by atoms with Crippen LogP contribution in [0.4, 0.5) is 5.69 Å². The molecule has 1 aromatic heterocycles. The number of anilines is 1. The quantitative estimate of drug-likeness (QED) is 0.575. The Morgan fingerprint density at radius 3 is 2.56 bits per heavy atom. The third-order valence-corrected chi connectivity index (χ3v) is 4.41. The van der Waals surface area contributed by atoms with E-state index in [1.807, 2.05) is 6.92 Å². The lowest BCUT2D eigenvalue weighted by Crippen LogP contribution is -2.12. The van der Waals surface area contributed by atoms with Gasteiger partial charge in [-0.05, 0) is 55.5 Å². The number of rotatable bonds is 6. The van der Waals surface area contributed by atoms with E-state index in [9.17, 15) is 4.79 Å². The molecule has 0 saturated heterocycles. The summed E-state index contributed by atoms with van der Waals surface area (Å²) in [5, 5.41) is 12.7. The highest BCUT2D eigenvalue weighted by Crippen LogP contribution is 2.32. The molecule has 0 aliphatic rings. The molecule has 0 saturated carbocycles. The van der Waals surface area contributed by atoms with Crippen molar-refractivity contribution in [3.8, 4) is 17.1 Å². The molecule has 140 valence electrons. The van der Waals surface area contributed by atoms with Crippen molar-refractivity contribution in [2.75, 3.05) is 11.9 Å². The number of nitrogens with one attached hydrogen (secondary N) is 1. The van der Waals surface area contributed by atoms with E-state index in [1.54, 1.807) is 48.5 Å². The first-order valence-corrected chi connectivity index (χ1v) is 9.00. The van der Waals surface area contributed by atoms with Gasteiger partial charge in [-0.15, -0.1) is 0 Å². The Morgan fingerprint density at radius 1 is 1.11 bits per heavy atom. The number of halogens is 2. The van der Waals surface area contributed by atoms with E-state index in [4.69, 9.17) is 37.5 Å². The average Bonchev–Trinajstić information content (AvgIpc) is 3.12. The summed E-state index contributed by atoms with van der Waals surface area (Å²) in [4.78, 5) is 12.4. The van der Waals surface area contributed by atoms with Crippen LogP contribution in [0.2, 0.25) is 10.0 Å². The van der Waals surface area contributed by atoms with Crippen molar-refractivity contribution in [1.29, 1.82) is 0 Å². The molecule has 0 atom stereocenters. The Bertz CT molecular complexity index is 968. The molecule has 5 nitrogen and oxygen atoms in total. The molecule has 3 aromatic rings. The van der Waals surface area contributed by atoms with Crippen molar-refractivity contribution >= 4 is 34.8 Å². The van der Waals surface area contributed by atoms with E-state index >= 15 is 0 Å². The number of ether oxygens (including phenoxy) is 1. The molecule has 1 heterocycles. The van der Waals surface area contributed by atoms with E-state index in [0.29, 0.717) is 50.7 Å². The van der Waals surface area contributed by atoms with Crippen LogP contribution in [0.3, 0.4) is 0 Å². The molecule has 0 fully saturated rings. The van der Waals surface area contributed by atoms with Gasteiger partial charge in [0.05, 0.1) is 16.7 Å². The fourth-order valence-corrected chi connectivity index (χ4v) is 3.03. The molecular formula is C20H17Cl2NO4. The van der Waals surface area contributed by atoms with Gasteiger partial charge in [-0.1, -0.05) is 23.2 Å². The minimum absolute atomic E-state index is 0.184. The molecule has 0 spiro atoms. The number of carbonyl (C=O) groups is 1. The number of amides is 1. The first-order valence-electron chi connectivity index (χ1n) is 8.25. The Balaban J connectivity index is 1.76. The molecule has 2 N–H and O–H groups in total. The Morgan fingerprint density at radius 2 is 1.93 bits per heavy atom. The maximum absolute atomic E-state index is 12.4. The van der Waals surface area contributed by atoms with Crippen LogP contribution < -0.4 is 10.1 Å². The normalized spacial score (nSPS) is 10.7. The van der Waals surface area contributed by atoms with Crippen molar-refractivity contribution in [3.63, 3.8) is 0 Å². The van der Waals surface area contributed by atoms with Crippen LogP contribution in [-0.2, 0) is 6.61 Å². The molecule has 7 heteroatoms. The van der Waals surface area contributed by atoms with Crippen LogP contribution in [0.1, 0.15) is 23.0 Å². The third kappa shape index (κ3) is 4.45. The summed E-state index contributed by atoms with van der Waals surface area (Å²) in [6.45, 7) is 2.17. The van der Waals surface area contributed by atoms with Crippen LogP contribution >= 0.6 is 23.2 Å². The second-order valence-corrected chi connectivity index (χ2v) is 6.47. The summed E-state index contributed by atoms with van der Waals surface area (Å²) in [5.41, 5.74) is 1.61. The summed E-state index contributed by atoms with van der Waals surface area (Å²) in [6, 6.07) is 13.3. The SMILES string of the molecule is CCOc1ccc(C(=O)Nc2ccc(-c3ccc(CO)o3)c(Cl)c2)cc1Cl. The highest BCUT2D eigenvalue weighted by Gasteiger charge is 2.13. The van der Waals surface area contributed by atoms with Gasteiger partial charge in [-0.3, -0.25) is 4.79 Å². The lowest BCUT2D eigenvalue weighted by molar-refractivity contribution is 0.102. The van der Waals surface area contributed by atoms with E-state index < -0.39 is 0 Å². The predicted octanol–water partition coefficient (Wildman–Crippen LogP) is 5.40. The van der Waals surface area contributed by atoms with E-state index in [1.165, 1.54) is 0 Å². The van der Waals surface area contributed by atoms with Crippen molar-refractivity contribution < 1.29 is 19.1 Å². The number of aliphatic hydroxyl groups excluding tert-OH is 1. The number of hydrogen-bond acceptors (Lipinski definition) is 4. The van der Waals surface area contributed by atoms with Gasteiger partial charge in [0.15, 0.2) is 0 Å². The number of carbonyl (C=O) groups excluding carboxylic acids is 1. The third-order valence-electron chi connectivity index (χ3n) is 3.80. The van der Waals surface area contributed by atoms with Crippen LogP contribution in [-0.4, -0.2) is 17.6 Å². The van der Waals surface area contributed by atoms with Gasteiger partial charge < -0.3 is 19.6 Å². The number of benzene rings is 2. The topological polar surface area (TPSA) is 71.7 Å². The second-order valence-electron chi connectivity index (χ2n) is 5.65. The molecule has 3 rings (SSSR count). The number of hydrogen-bond donors (Lipinski definition) is 2. The molecular weight excluding hydrogens is 389 g/mol. The first kappa shape index (κ1) is 19.3. The molecule has 1 amide bonds. The lowest BCUT2D eigenvalue weighted by atomic mass is 10.1. The minimum Gasteiger partial charge on any atom is -0.492 e.